The molecule has 1 fully saturated rings. The third kappa shape index (κ3) is 7.38. The van der Waals surface area contributed by atoms with Gasteiger partial charge in [-0.1, -0.05) is 36.2 Å². The monoisotopic (exact) mass is 438 g/mol. The first-order valence-electron chi connectivity index (χ1n) is 9.70. The summed E-state index contributed by atoms with van der Waals surface area (Å²) in [7, 11) is 0. The van der Waals surface area contributed by atoms with Crippen LogP contribution < -0.4 is 16.0 Å². The zero-order chi connectivity index (χ0) is 21.2. The number of allylic oxidation sites excluding steroid dienone is 2. The van der Waals surface area contributed by atoms with Crippen molar-refractivity contribution in [2.45, 2.75) is 45.8 Å². The fourth-order valence-electron chi connectivity index (χ4n) is 2.90. The van der Waals surface area contributed by atoms with Crippen molar-refractivity contribution in [1.29, 1.82) is 5.41 Å². The lowest BCUT2D eigenvalue weighted by molar-refractivity contribution is -0.117. The number of hydrogen-bond donors (Lipinski definition) is 4. The molecule has 158 valence electrons. The van der Waals surface area contributed by atoms with Gasteiger partial charge in [-0.3, -0.25) is 4.79 Å². The first-order valence-corrected chi connectivity index (χ1v) is 10.5. The van der Waals surface area contributed by atoms with E-state index in [2.05, 4.69) is 16.0 Å². The van der Waals surface area contributed by atoms with Crippen molar-refractivity contribution in [1.82, 2.24) is 16.0 Å². The summed E-state index contributed by atoms with van der Waals surface area (Å²) in [6, 6.07) is 5.41. The maximum Gasteiger partial charge on any atom is 0.273 e. The first-order chi connectivity index (χ1) is 13.9. The Morgan fingerprint density at radius 1 is 1.31 bits per heavy atom. The largest absolute Gasteiger partial charge is 0.378 e. The molecule has 8 heteroatoms. The molecular weight excluding hydrogens is 411 g/mol. The molecule has 29 heavy (non-hydrogen) atoms. The maximum absolute atomic E-state index is 12.8. The predicted octanol–water partition coefficient (Wildman–Crippen LogP) is 4.14. The highest BCUT2D eigenvalue weighted by atomic mass is 35.5. The maximum atomic E-state index is 12.8. The summed E-state index contributed by atoms with van der Waals surface area (Å²) in [5.41, 5.74) is 1.87. The minimum atomic E-state index is -0.301. The predicted molar refractivity (Wildman–Crippen MR) is 118 cm³/mol. The van der Waals surface area contributed by atoms with Crippen LogP contribution in [0.15, 0.2) is 41.4 Å². The molecule has 1 aliphatic heterocycles. The normalized spacial score (nSPS) is 17.5. The molecule has 1 unspecified atom stereocenters. The summed E-state index contributed by atoms with van der Waals surface area (Å²) in [5.74, 6) is 0.295. The molecule has 1 atom stereocenters. The van der Waals surface area contributed by atoms with Gasteiger partial charge in [-0.15, -0.1) is 0 Å². The van der Waals surface area contributed by atoms with Crippen molar-refractivity contribution >= 4 is 35.3 Å². The summed E-state index contributed by atoms with van der Waals surface area (Å²) < 4.78 is 5.60. The van der Waals surface area contributed by atoms with Crippen molar-refractivity contribution in [2.24, 2.45) is 0 Å². The van der Waals surface area contributed by atoms with Crippen molar-refractivity contribution in [3.05, 3.63) is 57.0 Å². The van der Waals surface area contributed by atoms with Gasteiger partial charge < -0.3 is 26.1 Å². The second-order valence-corrected chi connectivity index (χ2v) is 7.61. The molecule has 1 saturated heterocycles. The number of hydrogen-bond acceptors (Lipinski definition) is 5. The Kier molecular flexibility index (Phi) is 9.51. The molecule has 6 nitrogen and oxygen atoms in total. The second kappa shape index (κ2) is 11.9. The number of halogens is 2. The number of carbonyl (C=O) groups excluding carboxylic acids is 1. The number of benzene rings is 1. The fourth-order valence-corrected chi connectivity index (χ4v) is 3.22. The lowest BCUT2D eigenvalue weighted by Gasteiger charge is -2.18. The molecule has 0 spiro atoms. The van der Waals surface area contributed by atoms with Gasteiger partial charge in [-0.05, 0) is 55.5 Å². The minimum Gasteiger partial charge on any atom is -0.378 e. The standard InChI is InChI=1S/C21H28Cl2N4O2/c1-3-5-19(25-12-15-7-8-17(22)18(23)10-15)27-21(28)20(14(2)11-24)26-13-16-6-4-9-29-16/h5,7-8,10-11,16,24-26H,3-4,6,9,12-13H2,1-2H3,(H,27,28)/b19-5+,20-14-,24-11?. The van der Waals surface area contributed by atoms with E-state index < -0.39 is 0 Å². The van der Waals surface area contributed by atoms with Gasteiger partial charge >= 0.3 is 0 Å². The highest BCUT2D eigenvalue weighted by Crippen LogP contribution is 2.22. The van der Waals surface area contributed by atoms with Crippen molar-refractivity contribution in [2.75, 3.05) is 13.2 Å². The van der Waals surface area contributed by atoms with Crippen LogP contribution in [0.4, 0.5) is 0 Å². The molecule has 2 rings (SSSR count). The highest BCUT2D eigenvalue weighted by molar-refractivity contribution is 6.42. The Labute approximate surface area is 182 Å². The first kappa shape index (κ1) is 23.3. The molecule has 1 aromatic carbocycles. The summed E-state index contributed by atoms with van der Waals surface area (Å²) in [6.07, 6.45) is 5.91. The van der Waals surface area contributed by atoms with Crippen LogP contribution in [0.3, 0.4) is 0 Å². The Morgan fingerprint density at radius 2 is 2.10 bits per heavy atom. The van der Waals surface area contributed by atoms with E-state index in [0.717, 1.165) is 31.4 Å². The number of nitrogens with one attached hydrogen (secondary N) is 4. The van der Waals surface area contributed by atoms with Gasteiger partial charge in [0, 0.05) is 25.9 Å². The van der Waals surface area contributed by atoms with Crippen LogP contribution >= 0.6 is 23.2 Å². The summed E-state index contributed by atoms with van der Waals surface area (Å²) >= 11 is 12.0. The number of carbonyl (C=O) groups is 1. The molecule has 1 heterocycles. The van der Waals surface area contributed by atoms with Crippen LogP contribution in [0.1, 0.15) is 38.7 Å². The second-order valence-electron chi connectivity index (χ2n) is 6.80. The van der Waals surface area contributed by atoms with Crippen molar-refractivity contribution < 1.29 is 9.53 Å². The van der Waals surface area contributed by atoms with Gasteiger partial charge in [-0.2, -0.15) is 0 Å². The van der Waals surface area contributed by atoms with E-state index >= 15 is 0 Å². The Balaban J connectivity index is 2.01. The third-order valence-corrected chi connectivity index (χ3v) is 5.23. The molecule has 0 aromatic heterocycles. The lowest BCUT2D eigenvalue weighted by Crippen LogP contribution is -2.38. The number of rotatable bonds is 10. The van der Waals surface area contributed by atoms with Gasteiger partial charge in [0.1, 0.15) is 11.5 Å². The smallest absolute Gasteiger partial charge is 0.273 e. The molecule has 1 aromatic rings. The molecule has 0 saturated carbocycles. The fraction of sp³-hybridized carbons (Fsp3) is 0.429. The van der Waals surface area contributed by atoms with E-state index in [4.69, 9.17) is 33.3 Å². The molecule has 4 N–H and O–H groups in total. The summed E-state index contributed by atoms with van der Waals surface area (Å²) in [6.45, 7) is 5.49. The Hall–Kier alpha value is -2.02. The number of amides is 1. The highest BCUT2D eigenvalue weighted by Gasteiger charge is 2.19. The Bertz CT molecular complexity index is 787. The van der Waals surface area contributed by atoms with Gasteiger partial charge in [0.25, 0.3) is 5.91 Å². The van der Waals surface area contributed by atoms with E-state index in [1.165, 1.54) is 6.21 Å². The van der Waals surface area contributed by atoms with E-state index in [9.17, 15) is 4.79 Å². The van der Waals surface area contributed by atoms with E-state index in [0.29, 0.717) is 40.2 Å². The van der Waals surface area contributed by atoms with Crippen LogP contribution in [0.25, 0.3) is 0 Å². The van der Waals surface area contributed by atoms with Crippen LogP contribution in [-0.4, -0.2) is 31.4 Å². The lowest BCUT2D eigenvalue weighted by atomic mass is 10.2. The summed E-state index contributed by atoms with van der Waals surface area (Å²) in [5, 5.41) is 17.8. The van der Waals surface area contributed by atoms with Crippen LogP contribution in [-0.2, 0) is 16.1 Å². The quantitative estimate of drug-likeness (QED) is 0.326. The van der Waals surface area contributed by atoms with Crippen LogP contribution in [0.2, 0.25) is 10.0 Å². The molecular formula is C21H28Cl2N4O2. The third-order valence-electron chi connectivity index (χ3n) is 4.49. The molecule has 1 amide bonds. The zero-order valence-corrected chi connectivity index (χ0v) is 18.3. The van der Waals surface area contributed by atoms with Gasteiger partial charge in [0.05, 0.1) is 16.1 Å². The summed E-state index contributed by atoms with van der Waals surface area (Å²) in [4.78, 5) is 12.8. The van der Waals surface area contributed by atoms with E-state index in [-0.39, 0.29) is 12.0 Å². The average molecular weight is 439 g/mol. The molecule has 0 radical (unpaired) electrons. The molecule has 1 aliphatic rings. The molecule has 0 aliphatic carbocycles. The zero-order valence-electron chi connectivity index (χ0n) is 16.8. The van der Waals surface area contributed by atoms with Crippen LogP contribution in [0.5, 0.6) is 0 Å². The van der Waals surface area contributed by atoms with E-state index in [1.807, 2.05) is 19.1 Å². The topological polar surface area (TPSA) is 86.2 Å². The Morgan fingerprint density at radius 3 is 2.72 bits per heavy atom. The average Bonchev–Trinajstić information content (AvgIpc) is 3.22. The van der Waals surface area contributed by atoms with Gasteiger partial charge in [0.15, 0.2) is 0 Å². The van der Waals surface area contributed by atoms with E-state index in [1.54, 1.807) is 19.1 Å². The number of ether oxygens (including phenoxy) is 1. The SMILES string of the molecule is CC/C=C(\NCc1ccc(Cl)c(Cl)c1)NC(=O)/C(NCC1CCCO1)=C(\C)C=N. The van der Waals surface area contributed by atoms with Crippen molar-refractivity contribution in [3.8, 4) is 0 Å². The van der Waals surface area contributed by atoms with Gasteiger partial charge in [-0.25, -0.2) is 0 Å². The van der Waals surface area contributed by atoms with Crippen LogP contribution in [0, 0.1) is 5.41 Å². The molecule has 0 bridgehead atoms. The van der Waals surface area contributed by atoms with Crippen molar-refractivity contribution in [3.63, 3.8) is 0 Å². The minimum absolute atomic E-state index is 0.0924. The van der Waals surface area contributed by atoms with Gasteiger partial charge in [0.2, 0.25) is 0 Å².